The molecule has 0 radical (unpaired) electrons. The Morgan fingerprint density at radius 2 is 1.76 bits per heavy atom. The summed E-state index contributed by atoms with van der Waals surface area (Å²) in [6.45, 7) is 6.79. The fourth-order valence-corrected chi connectivity index (χ4v) is 3.65. The Morgan fingerprint density at radius 3 is 2.29 bits per heavy atom. The normalized spacial score (nSPS) is 26.9. The van der Waals surface area contributed by atoms with Crippen molar-refractivity contribution in [3.05, 3.63) is 35.4 Å². The summed E-state index contributed by atoms with van der Waals surface area (Å²) in [5.41, 5.74) is 0.502. The fraction of sp³-hybridized carbons (Fsp3) is 0.667. The van der Waals surface area contributed by atoms with Gasteiger partial charge < -0.3 is 5.32 Å². The van der Waals surface area contributed by atoms with E-state index >= 15 is 0 Å². The van der Waals surface area contributed by atoms with Crippen LogP contribution < -0.4 is 5.32 Å². The van der Waals surface area contributed by atoms with Crippen LogP contribution in [0.1, 0.15) is 45.6 Å². The van der Waals surface area contributed by atoms with Crippen molar-refractivity contribution in [3.63, 3.8) is 0 Å². The predicted octanol–water partition coefficient (Wildman–Crippen LogP) is 4.56. The summed E-state index contributed by atoms with van der Waals surface area (Å²) in [6.07, 6.45) is 3.78. The highest BCUT2D eigenvalue weighted by Crippen LogP contribution is 2.41. The Kier molecular flexibility index (Phi) is 5.03. The first-order valence-electron chi connectivity index (χ1n) is 7.93. The summed E-state index contributed by atoms with van der Waals surface area (Å²) in [4.78, 5) is 0. The first kappa shape index (κ1) is 16.4. The molecule has 3 atom stereocenters. The molecule has 1 aromatic rings. The Morgan fingerprint density at radius 1 is 1.14 bits per heavy atom. The molecule has 0 spiro atoms. The van der Waals surface area contributed by atoms with Gasteiger partial charge in [0.2, 0.25) is 0 Å². The van der Waals surface area contributed by atoms with Crippen LogP contribution in [0.2, 0.25) is 0 Å². The summed E-state index contributed by atoms with van der Waals surface area (Å²) < 4.78 is 27.8. The maximum absolute atomic E-state index is 13.9. The molecule has 1 aromatic carbocycles. The number of hydrogen-bond donors (Lipinski definition) is 1. The average molecular weight is 295 g/mol. The summed E-state index contributed by atoms with van der Waals surface area (Å²) in [6, 6.07) is 4.50. The zero-order valence-corrected chi connectivity index (χ0v) is 13.5. The van der Waals surface area contributed by atoms with E-state index < -0.39 is 11.6 Å². The van der Waals surface area contributed by atoms with Crippen molar-refractivity contribution < 1.29 is 8.78 Å². The number of hydrogen-bond acceptors (Lipinski definition) is 1. The van der Waals surface area contributed by atoms with Gasteiger partial charge in [0, 0.05) is 11.6 Å². The van der Waals surface area contributed by atoms with Crippen LogP contribution in [-0.4, -0.2) is 13.1 Å². The lowest BCUT2D eigenvalue weighted by molar-refractivity contribution is 0.116. The number of rotatable bonds is 3. The van der Waals surface area contributed by atoms with E-state index in [1.807, 2.05) is 7.05 Å². The van der Waals surface area contributed by atoms with Gasteiger partial charge in [0.05, 0.1) is 0 Å². The number of benzene rings is 1. The highest BCUT2D eigenvalue weighted by atomic mass is 19.1. The predicted molar refractivity (Wildman–Crippen MR) is 83.2 cm³/mol. The second-order valence-electron chi connectivity index (χ2n) is 7.44. The molecule has 1 N–H and O–H groups in total. The maximum Gasteiger partial charge on any atom is 0.129 e. The zero-order chi connectivity index (χ0) is 15.6. The molecule has 0 saturated heterocycles. The van der Waals surface area contributed by atoms with Gasteiger partial charge >= 0.3 is 0 Å². The molecule has 1 fully saturated rings. The lowest BCUT2D eigenvalue weighted by atomic mass is 9.66. The molecule has 0 aliphatic heterocycles. The van der Waals surface area contributed by atoms with E-state index in [1.165, 1.54) is 24.6 Å². The van der Waals surface area contributed by atoms with Crippen LogP contribution in [0.4, 0.5) is 8.78 Å². The van der Waals surface area contributed by atoms with Gasteiger partial charge in [-0.15, -0.1) is 0 Å². The first-order valence-corrected chi connectivity index (χ1v) is 7.93. The third-order valence-corrected chi connectivity index (χ3v) is 5.11. The van der Waals surface area contributed by atoms with Crippen LogP contribution >= 0.6 is 0 Å². The van der Waals surface area contributed by atoms with Gasteiger partial charge in [-0.3, -0.25) is 0 Å². The van der Waals surface area contributed by atoms with Gasteiger partial charge in [0.25, 0.3) is 0 Å². The van der Waals surface area contributed by atoms with E-state index in [0.717, 1.165) is 12.8 Å². The van der Waals surface area contributed by atoms with Gasteiger partial charge in [-0.25, -0.2) is 8.78 Å². The van der Waals surface area contributed by atoms with E-state index in [0.29, 0.717) is 24.3 Å². The number of nitrogens with one attached hydrogen (secondary N) is 1. The summed E-state index contributed by atoms with van der Waals surface area (Å²) >= 11 is 0. The summed E-state index contributed by atoms with van der Waals surface area (Å²) in [5.74, 6) is 0.0757. The molecule has 1 aliphatic rings. The molecule has 1 nitrogen and oxygen atoms in total. The number of halogens is 2. The van der Waals surface area contributed by atoms with Crippen LogP contribution in [0.3, 0.4) is 0 Å². The highest BCUT2D eigenvalue weighted by molar-refractivity contribution is 5.20. The van der Waals surface area contributed by atoms with Crippen LogP contribution in [0.25, 0.3) is 0 Å². The lowest BCUT2D eigenvalue weighted by Crippen LogP contribution is -2.42. The van der Waals surface area contributed by atoms with Gasteiger partial charge in [0.15, 0.2) is 0 Å². The van der Waals surface area contributed by atoms with E-state index in [-0.39, 0.29) is 11.0 Å². The molecule has 0 aromatic heterocycles. The van der Waals surface area contributed by atoms with Gasteiger partial charge in [-0.2, -0.15) is 0 Å². The maximum atomic E-state index is 13.9. The monoisotopic (exact) mass is 295 g/mol. The minimum atomic E-state index is -0.414. The molecule has 118 valence electrons. The Bertz CT molecular complexity index is 458. The SMILES string of the molecule is CNC1CCC(C(C)(C)C)CC1Cc1c(F)cccc1F. The second-order valence-corrected chi connectivity index (χ2v) is 7.44. The van der Waals surface area contributed by atoms with E-state index in [9.17, 15) is 8.78 Å². The van der Waals surface area contributed by atoms with Crippen molar-refractivity contribution in [2.75, 3.05) is 7.05 Å². The molecule has 21 heavy (non-hydrogen) atoms. The first-order chi connectivity index (χ1) is 9.82. The molecular formula is C18H27F2N. The van der Waals surface area contributed by atoms with Crippen LogP contribution in [0.15, 0.2) is 18.2 Å². The van der Waals surface area contributed by atoms with Crippen molar-refractivity contribution in [3.8, 4) is 0 Å². The lowest BCUT2D eigenvalue weighted by Gasteiger charge is -2.42. The smallest absolute Gasteiger partial charge is 0.129 e. The van der Waals surface area contributed by atoms with Gasteiger partial charge in [0.1, 0.15) is 11.6 Å². The standard InChI is InChI=1S/C18H27F2N/c1-18(2,3)13-8-9-17(21-4)12(10-13)11-14-15(19)6-5-7-16(14)20/h5-7,12-13,17,21H,8-11H2,1-4H3. The molecular weight excluding hydrogens is 268 g/mol. The Hall–Kier alpha value is -0.960. The highest BCUT2D eigenvalue weighted by Gasteiger charge is 2.35. The van der Waals surface area contributed by atoms with Crippen molar-refractivity contribution in [2.24, 2.45) is 17.3 Å². The molecule has 0 heterocycles. The van der Waals surface area contributed by atoms with E-state index in [2.05, 4.69) is 26.1 Å². The average Bonchev–Trinajstić information content (AvgIpc) is 2.42. The molecule has 2 rings (SSSR count). The van der Waals surface area contributed by atoms with E-state index in [4.69, 9.17) is 0 Å². The minimum Gasteiger partial charge on any atom is -0.317 e. The molecule has 0 bridgehead atoms. The molecule has 3 heteroatoms. The zero-order valence-electron chi connectivity index (χ0n) is 13.5. The van der Waals surface area contributed by atoms with Gasteiger partial charge in [-0.1, -0.05) is 26.8 Å². The molecule has 3 unspecified atom stereocenters. The van der Waals surface area contributed by atoms with Crippen LogP contribution in [0, 0.1) is 28.9 Å². The van der Waals surface area contributed by atoms with Crippen molar-refractivity contribution in [2.45, 2.75) is 52.5 Å². The van der Waals surface area contributed by atoms with Crippen molar-refractivity contribution in [1.29, 1.82) is 0 Å². The minimum absolute atomic E-state index is 0.248. The Labute approximate surface area is 127 Å². The van der Waals surface area contributed by atoms with Crippen LogP contribution in [-0.2, 0) is 6.42 Å². The topological polar surface area (TPSA) is 12.0 Å². The molecule has 1 aliphatic carbocycles. The molecule has 0 amide bonds. The van der Waals surface area contributed by atoms with E-state index in [1.54, 1.807) is 0 Å². The van der Waals surface area contributed by atoms with Crippen LogP contribution in [0.5, 0.6) is 0 Å². The summed E-state index contributed by atoms with van der Waals surface area (Å²) in [5, 5.41) is 3.34. The van der Waals surface area contributed by atoms with Crippen molar-refractivity contribution in [1.82, 2.24) is 5.32 Å². The molecule has 1 saturated carbocycles. The Balaban J connectivity index is 2.18. The third-order valence-electron chi connectivity index (χ3n) is 5.11. The quantitative estimate of drug-likeness (QED) is 0.862. The third kappa shape index (κ3) is 3.82. The van der Waals surface area contributed by atoms with Crippen molar-refractivity contribution >= 4 is 0 Å². The second kappa shape index (κ2) is 6.43. The largest absolute Gasteiger partial charge is 0.317 e. The van der Waals surface area contributed by atoms with Gasteiger partial charge in [-0.05, 0) is 62.1 Å². The fourth-order valence-electron chi connectivity index (χ4n) is 3.65. The summed E-state index contributed by atoms with van der Waals surface area (Å²) in [7, 11) is 1.95.